The van der Waals surface area contributed by atoms with E-state index in [1.165, 1.54) is 11.3 Å². The molecule has 25 heavy (non-hydrogen) atoms. The number of nitrogens with two attached hydrogens (primary N) is 1. The van der Waals surface area contributed by atoms with Gasteiger partial charge in [0, 0.05) is 23.2 Å². The van der Waals surface area contributed by atoms with Gasteiger partial charge in [-0.15, -0.1) is 0 Å². The van der Waals surface area contributed by atoms with Gasteiger partial charge in [0.15, 0.2) is 12.2 Å². The summed E-state index contributed by atoms with van der Waals surface area (Å²) in [6, 6.07) is 13.8. The summed E-state index contributed by atoms with van der Waals surface area (Å²) in [5.41, 5.74) is 8.49. The zero-order chi connectivity index (χ0) is 17.4. The fraction of sp³-hybridized carbons (Fsp3) is 0.105. The van der Waals surface area contributed by atoms with Crippen molar-refractivity contribution in [3.05, 3.63) is 72.2 Å². The predicted octanol–water partition coefficient (Wildman–Crippen LogP) is 2.40. The maximum atomic E-state index is 13.0. The number of oxazole rings is 1. The van der Waals surface area contributed by atoms with Crippen LogP contribution in [-0.4, -0.2) is 22.8 Å². The third-order valence-corrected chi connectivity index (χ3v) is 4.37. The number of para-hydroxylation sites is 1. The number of fused-ring (bicyclic) bond motifs is 1. The van der Waals surface area contributed by atoms with Crippen LogP contribution in [0.5, 0.6) is 0 Å². The van der Waals surface area contributed by atoms with Crippen LogP contribution in [0.15, 0.2) is 65.5 Å². The van der Waals surface area contributed by atoms with Crippen LogP contribution in [-0.2, 0) is 11.2 Å². The Kier molecular flexibility index (Phi) is 3.57. The Balaban J connectivity index is 1.68. The van der Waals surface area contributed by atoms with Crippen molar-refractivity contribution < 1.29 is 14.0 Å². The summed E-state index contributed by atoms with van der Waals surface area (Å²) in [6.07, 6.45) is 3.40. The molecular weight excluding hydrogens is 318 g/mol. The smallest absolute Gasteiger partial charge is 0.259 e. The van der Waals surface area contributed by atoms with Crippen molar-refractivity contribution in [2.75, 3.05) is 4.90 Å². The minimum atomic E-state index is -0.668. The Hall–Kier alpha value is -3.41. The predicted molar refractivity (Wildman–Crippen MR) is 91.9 cm³/mol. The van der Waals surface area contributed by atoms with E-state index in [4.69, 9.17) is 10.2 Å². The van der Waals surface area contributed by atoms with Crippen molar-refractivity contribution in [1.82, 2.24) is 4.98 Å². The Labute approximate surface area is 143 Å². The molecule has 1 atom stereocenters. The van der Waals surface area contributed by atoms with Gasteiger partial charge in [-0.05, 0) is 23.8 Å². The van der Waals surface area contributed by atoms with Crippen LogP contribution in [0.25, 0.3) is 11.3 Å². The molecule has 2 N–H and O–H groups in total. The van der Waals surface area contributed by atoms with E-state index in [0.29, 0.717) is 17.7 Å². The summed E-state index contributed by atoms with van der Waals surface area (Å²) in [7, 11) is 0. The summed E-state index contributed by atoms with van der Waals surface area (Å²) < 4.78 is 5.25. The van der Waals surface area contributed by atoms with Gasteiger partial charge in [0.25, 0.3) is 5.91 Å². The highest BCUT2D eigenvalue weighted by Crippen LogP contribution is 2.33. The molecule has 0 saturated carbocycles. The second kappa shape index (κ2) is 5.90. The number of hydrogen-bond acceptors (Lipinski definition) is 4. The molecule has 0 bridgehead atoms. The molecule has 0 unspecified atom stereocenters. The number of carbonyl (C=O) groups excluding carboxylic acids is 2. The second-order valence-corrected chi connectivity index (χ2v) is 5.87. The monoisotopic (exact) mass is 333 g/mol. The quantitative estimate of drug-likeness (QED) is 0.797. The SMILES string of the molecule is NC(=O)[C@@H]1Cc2ccccc2N1C(=O)c1ccc(-c2cnco2)cc1. The third-order valence-electron chi connectivity index (χ3n) is 4.37. The van der Waals surface area contributed by atoms with Crippen molar-refractivity contribution in [1.29, 1.82) is 0 Å². The molecule has 3 aromatic rings. The first-order valence-corrected chi connectivity index (χ1v) is 7.85. The largest absolute Gasteiger partial charge is 0.444 e. The van der Waals surface area contributed by atoms with Crippen molar-refractivity contribution in [2.45, 2.75) is 12.5 Å². The van der Waals surface area contributed by atoms with Gasteiger partial charge in [-0.25, -0.2) is 4.98 Å². The molecule has 4 rings (SSSR count). The van der Waals surface area contributed by atoms with Crippen molar-refractivity contribution >= 4 is 17.5 Å². The van der Waals surface area contributed by atoms with Gasteiger partial charge < -0.3 is 10.2 Å². The summed E-state index contributed by atoms with van der Waals surface area (Å²) in [4.78, 5) is 30.2. The zero-order valence-corrected chi connectivity index (χ0v) is 13.3. The number of anilines is 1. The molecule has 0 radical (unpaired) electrons. The van der Waals surface area contributed by atoms with Gasteiger partial charge in [0.1, 0.15) is 6.04 Å². The van der Waals surface area contributed by atoms with Crippen LogP contribution in [0.3, 0.4) is 0 Å². The molecule has 6 heteroatoms. The zero-order valence-electron chi connectivity index (χ0n) is 13.3. The highest BCUT2D eigenvalue weighted by Gasteiger charge is 2.37. The van der Waals surface area contributed by atoms with E-state index in [1.807, 2.05) is 24.3 Å². The van der Waals surface area contributed by atoms with Gasteiger partial charge >= 0.3 is 0 Å². The Morgan fingerprint density at radius 3 is 2.56 bits per heavy atom. The number of rotatable bonds is 3. The topological polar surface area (TPSA) is 89.4 Å². The van der Waals surface area contributed by atoms with Crippen LogP contribution in [0, 0.1) is 0 Å². The van der Waals surface area contributed by atoms with Gasteiger partial charge in [-0.3, -0.25) is 14.5 Å². The molecule has 1 aromatic heterocycles. The lowest BCUT2D eigenvalue weighted by molar-refractivity contribution is -0.119. The number of hydrogen-bond donors (Lipinski definition) is 1. The molecule has 0 fully saturated rings. The molecule has 0 aliphatic carbocycles. The Morgan fingerprint density at radius 1 is 1.12 bits per heavy atom. The molecule has 2 amide bonds. The molecule has 124 valence electrons. The fourth-order valence-electron chi connectivity index (χ4n) is 3.14. The summed E-state index contributed by atoms with van der Waals surface area (Å²) in [5.74, 6) is -0.138. The van der Waals surface area contributed by atoms with Crippen LogP contribution >= 0.6 is 0 Å². The van der Waals surface area contributed by atoms with E-state index in [9.17, 15) is 9.59 Å². The minimum absolute atomic E-state index is 0.252. The Morgan fingerprint density at radius 2 is 1.88 bits per heavy atom. The van der Waals surface area contributed by atoms with Crippen LogP contribution in [0.4, 0.5) is 5.69 Å². The second-order valence-electron chi connectivity index (χ2n) is 5.87. The highest BCUT2D eigenvalue weighted by atomic mass is 16.3. The van der Waals surface area contributed by atoms with E-state index in [-0.39, 0.29) is 5.91 Å². The first-order valence-electron chi connectivity index (χ1n) is 7.85. The van der Waals surface area contributed by atoms with Gasteiger partial charge in [-0.2, -0.15) is 0 Å². The van der Waals surface area contributed by atoms with Gasteiger partial charge in [0.2, 0.25) is 5.91 Å². The lowest BCUT2D eigenvalue weighted by Gasteiger charge is -2.23. The fourth-order valence-corrected chi connectivity index (χ4v) is 3.14. The van der Waals surface area contributed by atoms with E-state index >= 15 is 0 Å². The van der Waals surface area contributed by atoms with Crippen LogP contribution in [0.2, 0.25) is 0 Å². The average Bonchev–Trinajstić information content (AvgIpc) is 3.29. The molecule has 2 aromatic carbocycles. The average molecular weight is 333 g/mol. The van der Waals surface area contributed by atoms with Crippen molar-refractivity contribution in [3.8, 4) is 11.3 Å². The molecule has 1 aliphatic rings. The number of primary amides is 1. The standard InChI is InChI=1S/C19H15N3O3/c20-18(23)16-9-14-3-1-2-4-15(14)22(16)19(24)13-7-5-12(6-8-13)17-10-21-11-25-17/h1-8,10-11,16H,9H2,(H2,20,23)/t16-/m0/s1. The molecule has 6 nitrogen and oxygen atoms in total. The number of aromatic nitrogens is 1. The van der Waals surface area contributed by atoms with E-state index in [0.717, 1.165) is 16.8 Å². The summed E-state index contributed by atoms with van der Waals surface area (Å²) >= 11 is 0. The Bertz CT molecular complexity index is 933. The minimum Gasteiger partial charge on any atom is -0.444 e. The van der Waals surface area contributed by atoms with E-state index < -0.39 is 11.9 Å². The molecular formula is C19H15N3O3. The molecule has 0 saturated heterocycles. The lowest BCUT2D eigenvalue weighted by atomic mass is 10.1. The summed E-state index contributed by atoms with van der Waals surface area (Å²) in [6.45, 7) is 0. The van der Waals surface area contributed by atoms with Gasteiger partial charge in [0.05, 0.1) is 6.20 Å². The normalized spacial score (nSPS) is 15.8. The molecule has 2 heterocycles. The van der Waals surface area contributed by atoms with E-state index in [2.05, 4.69) is 4.98 Å². The van der Waals surface area contributed by atoms with Crippen LogP contribution < -0.4 is 10.6 Å². The van der Waals surface area contributed by atoms with Crippen LogP contribution in [0.1, 0.15) is 15.9 Å². The molecule has 1 aliphatic heterocycles. The molecule has 0 spiro atoms. The number of carbonyl (C=O) groups is 2. The first-order chi connectivity index (χ1) is 12.1. The highest BCUT2D eigenvalue weighted by molar-refractivity contribution is 6.11. The third kappa shape index (κ3) is 2.57. The lowest BCUT2D eigenvalue weighted by Crippen LogP contribution is -2.46. The van der Waals surface area contributed by atoms with Crippen molar-refractivity contribution in [3.63, 3.8) is 0 Å². The summed E-state index contributed by atoms with van der Waals surface area (Å²) in [5, 5.41) is 0. The van der Waals surface area contributed by atoms with Gasteiger partial charge in [-0.1, -0.05) is 30.3 Å². The maximum Gasteiger partial charge on any atom is 0.259 e. The number of amides is 2. The van der Waals surface area contributed by atoms with Crippen molar-refractivity contribution in [2.24, 2.45) is 5.73 Å². The first kappa shape index (κ1) is 15.1. The van der Waals surface area contributed by atoms with E-state index in [1.54, 1.807) is 30.5 Å². The maximum absolute atomic E-state index is 13.0. The number of benzene rings is 2. The number of nitrogens with zero attached hydrogens (tertiary/aromatic N) is 2.